The minimum absolute atomic E-state index is 0.601. The Morgan fingerprint density at radius 2 is 1.88 bits per heavy atom. The molecule has 0 radical (unpaired) electrons. The minimum atomic E-state index is 0.601. The fraction of sp³-hybridized carbons (Fsp3) is 0.538. The van der Waals surface area contributed by atoms with Gasteiger partial charge in [0.25, 0.3) is 0 Å². The summed E-state index contributed by atoms with van der Waals surface area (Å²) in [7, 11) is 1.67. The lowest BCUT2D eigenvalue weighted by Gasteiger charge is -2.07. The topological polar surface area (TPSA) is 30.5 Å². The van der Waals surface area contributed by atoms with Crippen LogP contribution in [0.25, 0.3) is 0 Å². The first-order valence-corrected chi connectivity index (χ1v) is 5.78. The highest BCUT2D eigenvalue weighted by Crippen LogP contribution is 2.11. The lowest BCUT2D eigenvalue weighted by molar-refractivity contribution is 0.146. The molecular weight excluding hydrogens is 202 g/mol. The summed E-state index contributed by atoms with van der Waals surface area (Å²) in [6.07, 6.45) is 1.16. The van der Waals surface area contributed by atoms with Crippen LogP contribution in [0.2, 0.25) is 0 Å². The van der Waals surface area contributed by atoms with E-state index in [4.69, 9.17) is 9.47 Å². The van der Waals surface area contributed by atoms with Crippen molar-refractivity contribution in [2.75, 3.05) is 26.9 Å². The summed E-state index contributed by atoms with van der Waals surface area (Å²) in [6, 6.07) is 8.17. The Morgan fingerprint density at radius 1 is 1.12 bits per heavy atom. The van der Waals surface area contributed by atoms with E-state index in [-0.39, 0.29) is 0 Å². The van der Waals surface area contributed by atoms with Crippen LogP contribution in [0.4, 0.5) is 0 Å². The molecule has 0 aromatic heterocycles. The van der Waals surface area contributed by atoms with Crippen molar-refractivity contribution in [2.45, 2.75) is 19.9 Å². The first kappa shape index (κ1) is 13.0. The number of rotatable bonds is 8. The van der Waals surface area contributed by atoms with Crippen molar-refractivity contribution in [1.29, 1.82) is 0 Å². The Kier molecular flexibility index (Phi) is 6.61. The van der Waals surface area contributed by atoms with Gasteiger partial charge in [0.2, 0.25) is 0 Å². The molecule has 1 rings (SSSR count). The van der Waals surface area contributed by atoms with E-state index in [1.54, 1.807) is 7.11 Å². The predicted octanol–water partition coefficient (Wildman–Crippen LogP) is 2.21. The lowest BCUT2D eigenvalue weighted by atomic mass is 10.2. The third-order valence-electron chi connectivity index (χ3n) is 2.24. The van der Waals surface area contributed by atoms with E-state index in [0.29, 0.717) is 13.2 Å². The van der Waals surface area contributed by atoms with Crippen molar-refractivity contribution in [1.82, 2.24) is 5.32 Å². The average molecular weight is 223 g/mol. The maximum atomic E-state index is 5.48. The number of benzene rings is 1. The number of ether oxygens (including phenoxy) is 2. The van der Waals surface area contributed by atoms with Gasteiger partial charge in [0.05, 0.1) is 6.61 Å². The van der Waals surface area contributed by atoms with Gasteiger partial charge in [-0.25, -0.2) is 0 Å². The van der Waals surface area contributed by atoms with E-state index < -0.39 is 0 Å². The van der Waals surface area contributed by atoms with E-state index in [1.807, 2.05) is 12.1 Å². The molecule has 1 N–H and O–H groups in total. The molecule has 0 fully saturated rings. The monoisotopic (exact) mass is 223 g/mol. The van der Waals surface area contributed by atoms with Gasteiger partial charge in [-0.05, 0) is 30.7 Å². The number of nitrogens with one attached hydrogen (secondary N) is 1. The fourth-order valence-corrected chi connectivity index (χ4v) is 1.36. The van der Waals surface area contributed by atoms with E-state index in [1.165, 1.54) is 5.56 Å². The summed E-state index contributed by atoms with van der Waals surface area (Å²) < 4.78 is 10.4. The third kappa shape index (κ3) is 5.14. The average Bonchev–Trinajstić information content (AvgIpc) is 2.32. The Morgan fingerprint density at radius 3 is 2.50 bits per heavy atom. The summed E-state index contributed by atoms with van der Waals surface area (Å²) in [5.41, 5.74) is 1.28. The fourth-order valence-electron chi connectivity index (χ4n) is 1.36. The molecule has 0 aliphatic carbocycles. The SMILES string of the molecule is CCCNCc1ccc(OCCOC)cc1. The van der Waals surface area contributed by atoms with E-state index in [2.05, 4.69) is 24.4 Å². The molecule has 0 unspecified atom stereocenters. The highest BCUT2D eigenvalue weighted by Gasteiger charge is 1.95. The van der Waals surface area contributed by atoms with Gasteiger partial charge < -0.3 is 14.8 Å². The Labute approximate surface area is 97.8 Å². The highest BCUT2D eigenvalue weighted by atomic mass is 16.5. The Balaban J connectivity index is 2.30. The van der Waals surface area contributed by atoms with Crippen molar-refractivity contribution < 1.29 is 9.47 Å². The minimum Gasteiger partial charge on any atom is -0.491 e. The van der Waals surface area contributed by atoms with Crippen LogP contribution in [-0.4, -0.2) is 26.9 Å². The molecule has 0 aliphatic rings. The maximum absolute atomic E-state index is 5.48. The van der Waals surface area contributed by atoms with Gasteiger partial charge in [-0.1, -0.05) is 19.1 Å². The van der Waals surface area contributed by atoms with Crippen LogP contribution in [0, 0.1) is 0 Å². The van der Waals surface area contributed by atoms with Crippen molar-refractivity contribution in [3.8, 4) is 5.75 Å². The van der Waals surface area contributed by atoms with Crippen LogP contribution < -0.4 is 10.1 Å². The molecule has 1 aromatic carbocycles. The zero-order chi connectivity index (χ0) is 11.6. The van der Waals surface area contributed by atoms with Gasteiger partial charge in [0, 0.05) is 13.7 Å². The van der Waals surface area contributed by atoms with Crippen LogP contribution in [0.3, 0.4) is 0 Å². The summed E-state index contributed by atoms with van der Waals surface area (Å²) in [6.45, 7) is 5.38. The van der Waals surface area contributed by atoms with E-state index in [0.717, 1.165) is 25.3 Å². The number of methoxy groups -OCH3 is 1. The second-order valence-electron chi connectivity index (χ2n) is 3.66. The summed E-state index contributed by atoms with van der Waals surface area (Å²) >= 11 is 0. The standard InChI is InChI=1S/C13H21NO2/c1-3-8-14-11-12-4-6-13(7-5-12)16-10-9-15-2/h4-7,14H,3,8-11H2,1-2H3. The highest BCUT2D eigenvalue weighted by molar-refractivity contribution is 5.27. The van der Waals surface area contributed by atoms with Gasteiger partial charge in [0.15, 0.2) is 0 Å². The Bertz CT molecular complexity index is 243. The van der Waals surface area contributed by atoms with Crippen LogP contribution in [0.15, 0.2) is 24.3 Å². The van der Waals surface area contributed by atoms with E-state index in [9.17, 15) is 0 Å². The third-order valence-corrected chi connectivity index (χ3v) is 2.24. The zero-order valence-electron chi connectivity index (χ0n) is 10.2. The first-order chi connectivity index (χ1) is 7.86. The molecule has 90 valence electrons. The largest absolute Gasteiger partial charge is 0.491 e. The molecule has 16 heavy (non-hydrogen) atoms. The van der Waals surface area contributed by atoms with Crippen LogP contribution >= 0.6 is 0 Å². The van der Waals surface area contributed by atoms with Crippen molar-refractivity contribution in [2.24, 2.45) is 0 Å². The lowest BCUT2D eigenvalue weighted by Crippen LogP contribution is -2.13. The smallest absolute Gasteiger partial charge is 0.119 e. The Hall–Kier alpha value is -1.06. The molecule has 0 atom stereocenters. The normalized spacial score (nSPS) is 10.4. The number of hydrogen-bond acceptors (Lipinski definition) is 3. The summed E-state index contributed by atoms with van der Waals surface area (Å²) in [4.78, 5) is 0. The predicted molar refractivity (Wildman–Crippen MR) is 65.8 cm³/mol. The van der Waals surface area contributed by atoms with Crippen molar-refractivity contribution in [3.05, 3.63) is 29.8 Å². The van der Waals surface area contributed by atoms with Crippen LogP contribution in [0.1, 0.15) is 18.9 Å². The second-order valence-corrected chi connectivity index (χ2v) is 3.66. The number of hydrogen-bond donors (Lipinski definition) is 1. The van der Waals surface area contributed by atoms with E-state index >= 15 is 0 Å². The van der Waals surface area contributed by atoms with Crippen LogP contribution in [0.5, 0.6) is 5.75 Å². The summed E-state index contributed by atoms with van der Waals surface area (Å²) in [5.74, 6) is 0.899. The molecule has 0 aliphatic heterocycles. The van der Waals surface area contributed by atoms with Gasteiger partial charge >= 0.3 is 0 Å². The quantitative estimate of drug-likeness (QED) is 0.685. The van der Waals surface area contributed by atoms with Gasteiger partial charge in [0.1, 0.15) is 12.4 Å². The van der Waals surface area contributed by atoms with Crippen molar-refractivity contribution in [3.63, 3.8) is 0 Å². The molecular formula is C13H21NO2. The second kappa shape index (κ2) is 8.13. The molecule has 3 heteroatoms. The molecule has 1 aromatic rings. The molecule has 3 nitrogen and oxygen atoms in total. The van der Waals surface area contributed by atoms with Gasteiger partial charge in [-0.15, -0.1) is 0 Å². The molecule has 0 heterocycles. The molecule has 0 amide bonds. The molecule has 0 saturated carbocycles. The zero-order valence-corrected chi connectivity index (χ0v) is 10.2. The molecule has 0 saturated heterocycles. The summed E-state index contributed by atoms with van der Waals surface area (Å²) in [5, 5.41) is 3.36. The van der Waals surface area contributed by atoms with Gasteiger partial charge in [-0.3, -0.25) is 0 Å². The van der Waals surface area contributed by atoms with Crippen molar-refractivity contribution >= 4 is 0 Å². The van der Waals surface area contributed by atoms with Gasteiger partial charge in [-0.2, -0.15) is 0 Å². The molecule has 0 bridgehead atoms. The molecule has 0 spiro atoms. The first-order valence-electron chi connectivity index (χ1n) is 5.78. The maximum Gasteiger partial charge on any atom is 0.119 e. The van der Waals surface area contributed by atoms with Crippen LogP contribution in [-0.2, 0) is 11.3 Å².